The lowest BCUT2D eigenvalue weighted by atomic mass is 9.82. The van der Waals surface area contributed by atoms with Crippen molar-refractivity contribution in [1.82, 2.24) is 9.88 Å². The predicted molar refractivity (Wildman–Crippen MR) is 98.1 cm³/mol. The Morgan fingerprint density at radius 1 is 1.00 bits per heavy atom. The predicted octanol–water partition coefficient (Wildman–Crippen LogP) is 4.39. The maximum atomic E-state index is 12.4. The number of rotatable bonds is 5. The smallest absolute Gasteiger partial charge is 0.231 e. The summed E-state index contributed by atoms with van der Waals surface area (Å²) in [5.41, 5.74) is 0.741. The number of benzene rings is 1. The minimum Gasteiger partial charge on any atom is -0.351 e. The highest BCUT2D eigenvalue weighted by molar-refractivity contribution is 5.94. The molecule has 0 atom stereocenters. The number of aromatic nitrogens is 1. The Kier molecular flexibility index (Phi) is 5.16. The lowest BCUT2D eigenvalue weighted by molar-refractivity contribution is -0.122. The van der Waals surface area contributed by atoms with Crippen molar-refractivity contribution in [1.29, 1.82) is 0 Å². The summed E-state index contributed by atoms with van der Waals surface area (Å²) in [6.45, 7) is 10.5. The van der Waals surface area contributed by atoms with Gasteiger partial charge in [-0.25, -0.2) is 0 Å². The van der Waals surface area contributed by atoms with Gasteiger partial charge in [0.25, 0.3) is 0 Å². The van der Waals surface area contributed by atoms with E-state index in [0.717, 1.165) is 17.3 Å². The Balaban J connectivity index is 1.93. The highest BCUT2D eigenvalue weighted by atomic mass is 16.2. The number of fused-ring (bicyclic) bond motifs is 1. The first kappa shape index (κ1) is 18.2. The molecule has 130 valence electrons. The van der Waals surface area contributed by atoms with Crippen molar-refractivity contribution in [3.8, 4) is 0 Å². The first-order chi connectivity index (χ1) is 11.1. The van der Waals surface area contributed by atoms with Crippen LogP contribution in [0, 0.1) is 5.41 Å². The van der Waals surface area contributed by atoms with E-state index in [1.54, 1.807) is 10.8 Å². The van der Waals surface area contributed by atoms with Gasteiger partial charge in [-0.15, -0.1) is 0 Å². The highest BCUT2D eigenvalue weighted by Gasteiger charge is 2.27. The molecule has 0 fully saturated rings. The molecule has 0 aliphatic heterocycles. The SMILES string of the molecule is CC(C)(C)CC(C)(C)NC(=O)CCC(=O)n1ccc2ccccc21. The molecule has 1 aromatic heterocycles. The molecule has 1 aromatic carbocycles. The van der Waals surface area contributed by atoms with Gasteiger partial charge in [-0.2, -0.15) is 0 Å². The molecular formula is C20H28N2O2. The molecule has 0 aliphatic carbocycles. The monoisotopic (exact) mass is 328 g/mol. The molecular weight excluding hydrogens is 300 g/mol. The number of para-hydroxylation sites is 1. The van der Waals surface area contributed by atoms with Crippen molar-refractivity contribution in [2.75, 3.05) is 0 Å². The van der Waals surface area contributed by atoms with E-state index in [-0.39, 0.29) is 35.6 Å². The minimum absolute atomic E-state index is 0.0556. The lowest BCUT2D eigenvalue weighted by Gasteiger charge is -2.33. The first-order valence-corrected chi connectivity index (χ1v) is 8.48. The lowest BCUT2D eigenvalue weighted by Crippen LogP contribution is -2.45. The summed E-state index contributed by atoms with van der Waals surface area (Å²) in [5.74, 6) is -0.131. The number of amides is 1. The van der Waals surface area contributed by atoms with Crippen molar-refractivity contribution in [3.63, 3.8) is 0 Å². The van der Waals surface area contributed by atoms with E-state index >= 15 is 0 Å². The summed E-state index contributed by atoms with van der Waals surface area (Å²) in [5, 5.41) is 4.08. The van der Waals surface area contributed by atoms with E-state index in [4.69, 9.17) is 0 Å². The summed E-state index contributed by atoms with van der Waals surface area (Å²) in [4.78, 5) is 24.6. The van der Waals surface area contributed by atoms with Gasteiger partial charge >= 0.3 is 0 Å². The third-order valence-corrected chi connectivity index (χ3v) is 3.88. The van der Waals surface area contributed by atoms with Gasteiger partial charge in [0.2, 0.25) is 11.8 Å². The molecule has 0 saturated carbocycles. The van der Waals surface area contributed by atoms with Gasteiger partial charge in [0.15, 0.2) is 0 Å². The molecule has 2 rings (SSSR count). The third-order valence-electron chi connectivity index (χ3n) is 3.88. The molecule has 0 spiro atoms. The van der Waals surface area contributed by atoms with Crippen molar-refractivity contribution in [2.45, 2.75) is 59.4 Å². The Labute approximate surface area is 144 Å². The Morgan fingerprint density at radius 3 is 2.33 bits per heavy atom. The number of carbonyl (C=O) groups excluding carboxylic acids is 2. The summed E-state index contributed by atoms with van der Waals surface area (Å²) >= 11 is 0. The largest absolute Gasteiger partial charge is 0.351 e. The van der Waals surface area contributed by atoms with Crippen LogP contribution in [0.25, 0.3) is 10.9 Å². The molecule has 2 aromatic rings. The van der Waals surface area contributed by atoms with Gasteiger partial charge in [-0.3, -0.25) is 14.2 Å². The first-order valence-electron chi connectivity index (χ1n) is 8.48. The summed E-state index contributed by atoms with van der Waals surface area (Å²) in [7, 11) is 0. The average molecular weight is 328 g/mol. The molecule has 1 heterocycles. The van der Waals surface area contributed by atoms with Crippen LogP contribution in [0.15, 0.2) is 36.5 Å². The van der Waals surface area contributed by atoms with E-state index in [1.807, 2.05) is 44.2 Å². The standard InChI is InChI=1S/C20H28N2O2/c1-19(2,3)14-20(4,5)21-17(23)10-11-18(24)22-13-12-15-8-6-7-9-16(15)22/h6-9,12-13H,10-11,14H2,1-5H3,(H,21,23). The van der Waals surface area contributed by atoms with Crippen LogP contribution in [0.2, 0.25) is 0 Å². The maximum absolute atomic E-state index is 12.4. The van der Waals surface area contributed by atoms with Crippen LogP contribution in [-0.2, 0) is 4.79 Å². The molecule has 0 unspecified atom stereocenters. The zero-order chi connectivity index (χ0) is 18.0. The number of carbonyl (C=O) groups is 2. The fraction of sp³-hybridized carbons (Fsp3) is 0.500. The number of hydrogen-bond donors (Lipinski definition) is 1. The molecule has 4 nitrogen and oxygen atoms in total. The zero-order valence-electron chi connectivity index (χ0n) is 15.3. The van der Waals surface area contributed by atoms with Gasteiger partial charge in [0, 0.05) is 30.0 Å². The fourth-order valence-corrected chi connectivity index (χ4v) is 3.45. The van der Waals surface area contributed by atoms with Gasteiger partial charge in [0.1, 0.15) is 0 Å². The third kappa shape index (κ3) is 4.95. The van der Waals surface area contributed by atoms with Crippen molar-refractivity contribution in [3.05, 3.63) is 36.5 Å². The van der Waals surface area contributed by atoms with E-state index in [9.17, 15) is 9.59 Å². The normalized spacial score (nSPS) is 12.4. The Bertz CT molecular complexity index is 735. The van der Waals surface area contributed by atoms with Crippen LogP contribution in [0.1, 0.15) is 58.7 Å². The minimum atomic E-state index is -0.279. The number of nitrogens with zero attached hydrogens (tertiary/aromatic N) is 1. The van der Waals surface area contributed by atoms with Crippen LogP contribution in [-0.4, -0.2) is 21.9 Å². The van der Waals surface area contributed by atoms with Crippen LogP contribution in [0.4, 0.5) is 0 Å². The van der Waals surface area contributed by atoms with Crippen LogP contribution < -0.4 is 5.32 Å². The molecule has 0 saturated heterocycles. The highest BCUT2D eigenvalue weighted by Crippen LogP contribution is 2.26. The molecule has 24 heavy (non-hydrogen) atoms. The quantitative estimate of drug-likeness (QED) is 0.885. The van der Waals surface area contributed by atoms with Crippen molar-refractivity contribution >= 4 is 22.7 Å². The van der Waals surface area contributed by atoms with E-state index < -0.39 is 0 Å². The molecule has 0 aliphatic rings. The Hall–Kier alpha value is -2.10. The summed E-state index contributed by atoms with van der Waals surface area (Å²) in [6, 6.07) is 9.66. The Morgan fingerprint density at radius 2 is 1.67 bits per heavy atom. The fourth-order valence-electron chi connectivity index (χ4n) is 3.45. The number of nitrogens with one attached hydrogen (secondary N) is 1. The van der Waals surface area contributed by atoms with Gasteiger partial charge in [-0.1, -0.05) is 39.0 Å². The molecule has 1 N–H and O–H groups in total. The van der Waals surface area contributed by atoms with Crippen LogP contribution in [0.5, 0.6) is 0 Å². The van der Waals surface area contributed by atoms with E-state index in [1.165, 1.54) is 0 Å². The maximum Gasteiger partial charge on any atom is 0.231 e. The summed E-state index contributed by atoms with van der Waals surface area (Å²) < 4.78 is 1.63. The molecule has 4 heteroatoms. The van der Waals surface area contributed by atoms with Gasteiger partial charge in [-0.05, 0) is 37.8 Å². The van der Waals surface area contributed by atoms with Crippen molar-refractivity contribution < 1.29 is 9.59 Å². The van der Waals surface area contributed by atoms with Gasteiger partial charge < -0.3 is 5.32 Å². The topological polar surface area (TPSA) is 51.1 Å². The second-order valence-corrected chi connectivity index (χ2v) is 8.31. The summed E-state index contributed by atoms with van der Waals surface area (Å²) in [6.07, 6.45) is 3.06. The van der Waals surface area contributed by atoms with Crippen LogP contribution in [0.3, 0.4) is 0 Å². The second kappa shape index (κ2) is 6.80. The number of hydrogen-bond acceptors (Lipinski definition) is 2. The van der Waals surface area contributed by atoms with E-state index in [0.29, 0.717) is 0 Å². The molecule has 0 bridgehead atoms. The zero-order valence-corrected chi connectivity index (χ0v) is 15.3. The molecule has 0 radical (unpaired) electrons. The second-order valence-electron chi connectivity index (χ2n) is 8.31. The van der Waals surface area contributed by atoms with E-state index in [2.05, 4.69) is 26.1 Å². The van der Waals surface area contributed by atoms with Gasteiger partial charge in [0.05, 0.1) is 5.52 Å². The van der Waals surface area contributed by atoms with Crippen molar-refractivity contribution in [2.24, 2.45) is 5.41 Å². The molecule has 1 amide bonds. The van der Waals surface area contributed by atoms with Crippen LogP contribution >= 0.6 is 0 Å². The average Bonchev–Trinajstić information content (AvgIpc) is 2.85.